The van der Waals surface area contributed by atoms with Gasteiger partial charge in [0.15, 0.2) is 0 Å². The fourth-order valence-corrected chi connectivity index (χ4v) is 3.15. The molecular formula is C20H24N2O3. The molecule has 1 unspecified atom stereocenters. The van der Waals surface area contributed by atoms with Crippen molar-refractivity contribution in [2.24, 2.45) is 0 Å². The SMILES string of the molecule is COc1ccccc1C(=O)Nc1ccc(N2CCCC(OC)C2)cc1. The summed E-state index contributed by atoms with van der Waals surface area (Å²) in [6.45, 7) is 1.94. The highest BCUT2D eigenvalue weighted by Crippen LogP contribution is 2.24. The van der Waals surface area contributed by atoms with Crippen LogP contribution in [0, 0.1) is 0 Å². The molecule has 0 aliphatic carbocycles. The number of piperidine rings is 1. The van der Waals surface area contributed by atoms with E-state index in [2.05, 4.69) is 10.2 Å². The Labute approximate surface area is 148 Å². The molecule has 0 saturated carbocycles. The van der Waals surface area contributed by atoms with Crippen molar-refractivity contribution in [3.8, 4) is 5.75 Å². The van der Waals surface area contributed by atoms with Crippen molar-refractivity contribution >= 4 is 17.3 Å². The van der Waals surface area contributed by atoms with E-state index in [1.165, 1.54) is 0 Å². The van der Waals surface area contributed by atoms with Crippen molar-refractivity contribution < 1.29 is 14.3 Å². The van der Waals surface area contributed by atoms with Gasteiger partial charge in [-0.1, -0.05) is 12.1 Å². The van der Waals surface area contributed by atoms with E-state index in [1.54, 1.807) is 26.4 Å². The van der Waals surface area contributed by atoms with Crippen LogP contribution in [0.4, 0.5) is 11.4 Å². The van der Waals surface area contributed by atoms with Gasteiger partial charge in [-0.2, -0.15) is 0 Å². The van der Waals surface area contributed by atoms with E-state index in [4.69, 9.17) is 9.47 Å². The van der Waals surface area contributed by atoms with Crippen LogP contribution in [0.3, 0.4) is 0 Å². The van der Waals surface area contributed by atoms with Gasteiger partial charge in [-0.05, 0) is 49.2 Å². The molecule has 1 saturated heterocycles. The van der Waals surface area contributed by atoms with E-state index in [0.29, 0.717) is 17.4 Å². The van der Waals surface area contributed by atoms with Gasteiger partial charge in [0.05, 0.1) is 18.8 Å². The molecule has 25 heavy (non-hydrogen) atoms. The third kappa shape index (κ3) is 4.12. The zero-order valence-electron chi connectivity index (χ0n) is 14.7. The Hall–Kier alpha value is -2.53. The molecule has 1 aliphatic rings. The summed E-state index contributed by atoms with van der Waals surface area (Å²) < 4.78 is 10.7. The summed E-state index contributed by atoms with van der Waals surface area (Å²) in [6, 6.07) is 15.1. The number of para-hydroxylation sites is 1. The van der Waals surface area contributed by atoms with E-state index in [-0.39, 0.29) is 5.91 Å². The average molecular weight is 340 g/mol. The molecule has 1 amide bonds. The molecule has 3 rings (SSSR count). The number of hydrogen-bond acceptors (Lipinski definition) is 4. The number of hydrogen-bond donors (Lipinski definition) is 1. The highest BCUT2D eigenvalue weighted by molar-refractivity contribution is 6.06. The van der Waals surface area contributed by atoms with Crippen molar-refractivity contribution in [2.75, 3.05) is 37.5 Å². The first-order chi connectivity index (χ1) is 12.2. The highest BCUT2D eigenvalue weighted by Gasteiger charge is 2.19. The number of benzene rings is 2. The van der Waals surface area contributed by atoms with Gasteiger partial charge in [0, 0.05) is 31.6 Å². The Balaban J connectivity index is 1.67. The van der Waals surface area contributed by atoms with Gasteiger partial charge in [0.1, 0.15) is 5.75 Å². The second kappa shape index (κ2) is 8.03. The number of amides is 1. The van der Waals surface area contributed by atoms with Crippen LogP contribution in [0.1, 0.15) is 23.2 Å². The van der Waals surface area contributed by atoms with Crippen LogP contribution in [0.5, 0.6) is 5.75 Å². The number of carbonyl (C=O) groups excluding carboxylic acids is 1. The lowest BCUT2D eigenvalue weighted by Crippen LogP contribution is -2.39. The Morgan fingerprint density at radius 2 is 1.88 bits per heavy atom. The first-order valence-corrected chi connectivity index (χ1v) is 8.53. The van der Waals surface area contributed by atoms with Crippen LogP contribution in [0.25, 0.3) is 0 Å². The highest BCUT2D eigenvalue weighted by atomic mass is 16.5. The normalized spacial score (nSPS) is 17.2. The maximum absolute atomic E-state index is 12.4. The average Bonchev–Trinajstić information content (AvgIpc) is 2.68. The number of methoxy groups -OCH3 is 2. The molecule has 0 bridgehead atoms. The van der Waals surface area contributed by atoms with Crippen LogP contribution in [-0.4, -0.2) is 39.3 Å². The minimum Gasteiger partial charge on any atom is -0.496 e. The molecule has 5 heteroatoms. The molecule has 2 aromatic carbocycles. The number of anilines is 2. The molecule has 1 N–H and O–H groups in total. The largest absolute Gasteiger partial charge is 0.496 e. The summed E-state index contributed by atoms with van der Waals surface area (Å²) >= 11 is 0. The lowest BCUT2D eigenvalue weighted by atomic mass is 10.1. The fourth-order valence-electron chi connectivity index (χ4n) is 3.15. The van der Waals surface area contributed by atoms with Gasteiger partial charge in [-0.15, -0.1) is 0 Å². The molecule has 0 aromatic heterocycles. The van der Waals surface area contributed by atoms with E-state index in [9.17, 15) is 4.79 Å². The van der Waals surface area contributed by atoms with Gasteiger partial charge in [-0.3, -0.25) is 4.79 Å². The van der Waals surface area contributed by atoms with E-state index in [1.807, 2.05) is 36.4 Å². The third-order valence-electron chi connectivity index (χ3n) is 4.55. The smallest absolute Gasteiger partial charge is 0.259 e. The molecule has 0 spiro atoms. The second-order valence-electron chi connectivity index (χ2n) is 6.15. The van der Waals surface area contributed by atoms with E-state index < -0.39 is 0 Å². The maximum atomic E-state index is 12.4. The van der Waals surface area contributed by atoms with Crippen LogP contribution in [-0.2, 0) is 4.74 Å². The zero-order valence-corrected chi connectivity index (χ0v) is 14.7. The van der Waals surface area contributed by atoms with Gasteiger partial charge < -0.3 is 19.7 Å². The summed E-state index contributed by atoms with van der Waals surface area (Å²) in [6.07, 6.45) is 2.53. The number of ether oxygens (including phenoxy) is 2. The maximum Gasteiger partial charge on any atom is 0.259 e. The van der Waals surface area contributed by atoms with E-state index >= 15 is 0 Å². The molecule has 1 fully saturated rings. The molecule has 1 atom stereocenters. The number of nitrogens with one attached hydrogen (secondary N) is 1. The standard InChI is InChI=1S/C20H24N2O3/c1-24-17-6-5-13-22(14-17)16-11-9-15(10-12-16)21-20(23)18-7-3-4-8-19(18)25-2/h3-4,7-12,17H,5-6,13-14H2,1-2H3,(H,21,23). The Kier molecular flexibility index (Phi) is 5.56. The Morgan fingerprint density at radius 3 is 2.60 bits per heavy atom. The quantitative estimate of drug-likeness (QED) is 0.904. The van der Waals surface area contributed by atoms with Gasteiger partial charge in [0.2, 0.25) is 0 Å². The first kappa shape index (κ1) is 17.3. The fraction of sp³-hybridized carbons (Fsp3) is 0.350. The number of nitrogens with zero attached hydrogens (tertiary/aromatic N) is 1. The monoisotopic (exact) mass is 340 g/mol. The second-order valence-corrected chi connectivity index (χ2v) is 6.15. The van der Waals surface area contributed by atoms with Gasteiger partial charge in [-0.25, -0.2) is 0 Å². The first-order valence-electron chi connectivity index (χ1n) is 8.53. The number of rotatable bonds is 5. The minimum absolute atomic E-state index is 0.178. The molecule has 1 heterocycles. The Morgan fingerprint density at radius 1 is 1.12 bits per heavy atom. The van der Waals surface area contributed by atoms with Crippen LogP contribution in [0.15, 0.2) is 48.5 Å². The summed E-state index contributed by atoms with van der Waals surface area (Å²) in [5, 5.41) is 2.92. The lowest BCUT2D eigenvalue weighted by Gasteiger charge is -2.33. The molecule has 5 nitrogen and oxygen atoms in total. The van der Waals surface area contributed by atoms with Gasteiger partial charge in [0.25, 0.3) is 5.91 Å². The summed E-state index contributed by atoms with van der Waals surface area (Å²) in [5.41, 5.74) is 2.44. The van der Waals surface area contributed by atoms with E-state index in [0.717, 1.165) is 37.3 Å². The molecule has 2 aromatic rings. The molecule has 1 aliphatic heterocycles. The molecule has 132 valence electrons. The van der Waals surface area contributed by atoms with Crippen molar-refractivity contribution in [2.45, 2.75) is 18.9 Å². The van der Waals surface area contributed by atoms with Crippen molar-refractivity contribution in [1.82, 2.24) is 0 Å². The summed E-state index contributed by atoms with van der Waals surface area (Å²) in [7, 11) is 3.33. The Bertz CT molecular complexity index is 715. The van der Waals surface area contributed by atoms with Crippen molar-refractivity contribution in [1.29, 1.82) is 0 Å². The summed E-state index contributed by atoms with van der Waals surface area (Å²) in [4.78, 5) is 14.8. The van der Waals surface area contributed by atoms with Crippen molar-refractivity contribution in [3.63, 3.8) is 0 Å². The van der Waals surface area contributed by atoms with Crippen LogP contribution < -0.4 is 15.0 Å². The van der Waals surface area contributed by atoms with Crippen LogP contribution in [0.2, 0.25) is 0 Å². The molecule has 0 radical (unpaired) electrons. The van der Waals surface area contributed by atoms with Gasteiger partial charge >= 0.3 is 0 Å². The zero-order chi connectivity index (χ0) is 17.6. The van der Waals surface area contributed by atoms with Crippen molar-refractivity contribution in [3.05, 3.63) is 54.1 Å². The third-order valence-corrected chi connectivity index (χ3v) is 4.55. The molecular weight excluding hydrogens is 316 g/mol. The topological polar surface area (TPSA) is 50.8 Å². The van der Waals surface area contributed by atoms with Crippen LogP contribution >= 0.6 is 0 Å². The minimum atomic E-state index is -0.178. The predicted octanol–water partition coefficient (Wildman–Crippen LogP) is 3.56. The predicted molar refractivity (Wildman–Crippen MR) is 99.6 cm³/mol. The number of carbonyl (C=O) groups is 1. The summed E-state index contributed by atoms with van der Waals surface area (Å²) in [5.74, 6) is 0.387. The lowest BCUT2D eigenvalue weighted by molar-refractivity contribution is 0.0893.